The van der Waals surface area contributed by atoms with Crippen molar-refractivity contribution in [3.05, 3.63) is 14.4 Å². The van der Waals surface area contributed by atoms with E-state index >= 15 is 0 Å². The molecule has 2 nitrogen and oxygen atoms in total. The minimum Gasteiger partial charge on any atom is -0.378 e. The summed E-state index contributed by atoms with van der Waals surface area (Å²) in [6, 6.07) is 0. The molecule has 0 aromatic rings. The molecule has 13 heavy (non-hydrogen) atoms. The van der Waals surface area contributed by atoms with Crippen LogP contribution in [0.4, 0.5) is 0 Å². The predicted octanol–water partition coefficient (Wildman–Crippen LogP) is 1.77. The summed E-state index contributed by atoms with van der Waals surface area (Å²) in [5.74, 6) is 0. The molecule has 1 aliphatic heterocycles. The van der Waals surface area contributed by atoms with Gasteiger partial charge in [0, 0.05) is 39.8 Å². The first-order valence-electron chi connectivity index (χ1n) is 4.27. The summed E-state index contributed by atoms with van der Waals surface area (Å²) in [5.41, 5.74) is 0.131. The summed E-state index contributed by atoms with van der Waals surface area (Å²) in [6.45, 7) is 9.25. The van der Waals surface area contributed by atoms with Gasteiger partial charge in [0.2, 0.25) is 0 Å². The molecule has 0 aliphatic carbocycles. The molecule has 1 heterocycles. The van der Waals surface area contributed by atoms with E-state index in [1.165, 1.54) is 0 Å². The second-order valence-electron chi connectivity index (χ2n) is 3.50. The van der Waals surface area contributed by atoms with Crippen molar-refractivity contribution < 1.29 is 37.4 Å². The maximum absolute atomic E-state index is 5.42. The topological polar surface area (TPSA) is 12.5 Å². The van der Waals surface area contributed by atoms with Crippen molar-refractivity contribution in [1.29, 1.82) is 0 Å². The van der Waals surface area contributed by atoms with Crippen LogP contribution in [0, 0.1) is 14.4 Å². The molecule has 77 valence electrons. The van der Waals surface area contributed by atoms with Crippen molar-refractivity contribution in [2.24, 2.45) is 0 Å². The Morgan fingerprint density at radius 1 is 1.38 bits per heavy atom. The van der Waals surface area contributed by atoms with Crippen LogP contribution >= 0.6 is 0 Å². The quantitative estimate of drug-likeness (QED) is 0.702. The number of hydrogen-bond donors (Lipinski definition) is 0. The van der Waals surface area contributed by atoms with Gasteiger partial charge in [-0.25, -0.2) is 0 Å². The van der Waals surface area contributed by atoms with E-state index in [0.29, 0.717) is 0 Å². The molecule has 0 N–H and O–H groups in total. The first-order chi connectivity index (χ1) is 5.20. The van der Waals surface area contributed by atoms with E-state index in [-0.39, 0.29) is 45.7 Å². The van der Waals surface area contributed by atoms with Gasteiger partial charge >= 0.3 is 0 Å². The summed E-state index contributed by atoms with van der Waals surface area (Å²) >= 11 is 0. The molecule has 0 amide bonds. The average molecular weight is 260 g/mol. The molecule has 1 radical (unpaired) electrons. The molecule has 1 fully saturated rings. The van der Waals surface area contributed by atoms with Crippen molar-refractivity contribution in [1.82, 2.24) is 4.90 Å². The Bertz CT molecular complexity index is 122. The van der Waals surface area contributed by atoms with E-state index in [4.69, 9.17) is 4.74 Å². The average Bonchev–Trinajstić information content (AvgIpc) is 2.06. The molecule has 0 aromatic carbocycles. The van der Waals surface area contributed by atoms with Gasteiger partial charge < -0.3 is 24.0 Å². The van der Waals surface area contributed by atoms with Crippen molar-refractivity contribution in [3.8, 4) is 0 Å². The number of likely N-dealkylation sites (tertiary alicyclic amines) is 1. The van der Waals surface area contributed by atoms with Gasteiger partial charge in [0.05, 0.1) is 5.60 Å². The molecule has 0 aromatic heterocycles. The SMILES string of the molecule is [CH2-]CN1CCC(C)(OC)CC1.[CH3-].[Y]. The maximum atomic E-state index is 5.42. The number of hydrogen-bond acceptors (Lipinski definition) is 2. The Balaban J connectivity index is 0. The molecular weight excluding hydrogens is 239 g/mol. The predicted molar refractivity (Wildman–Crippen MR) is 52.9 cm³/mol. The monoisotopic (exact) mass is 260 g/mol. The molecule has 3 heteroatoms. The van der Waals surface area contributed by atoms with Gasteiger partial charge in [-0.15, -0.1) is 6.54 Å². The third kappa shape index (κ3) is 4.87. The Kier molecular flexibility index (Phi) is 9.28. The standard InChI is InChI=1S/C9H18NO.CH3.Y/c1-4-10-7-5-9(2,11-3)6-8-10;;/h1,4-8H2,2-3H3;1H3;/q2*-1;. The van der Waals surface area contributed by atoms with E-state index in [1.807, 2.05) is 0 Å². The number of piperidine rings is 1. The number of rotatable bonds is 2. The van der Waals surface area contributed by atoms with Crippen LogP contribution in [0.1, 0.15) is 19.8 Å². The van der Waals surface area contributed by atoms with E-state index in [1.54, 1.807) is 7.11 Å². The van der Waals surface area contributed by atoms with Crippen LogP contribution < -0.4 is 0 Å². The molecule has 0 atom stereocenters. The van der Waals surface area contributed by atoms with Gasteiger partial charge in [0.15, 0.2) is 0 Å². The third-order valence-corrected chi connectivity index (χ3v) is 2.72. The van der Waals surface area contributed by atoms with E-state index < -0.39 is 0 Å². The fraction of sp³-hybridized carbons (Fsp3) is 0.800. The van der Waals surface area contributed by atoms with Crippen molar-refractivity contribution in [3.63, 3.8) is 0 Å². The van der Waals surface area contributed by atoms with Crippen LogP contribution in [0.15, 0.2) is 0 Å². The van der Waals surface area contributed by atoms with Crippen molar-refractivity contribution >= 4 is 0 Å². The first kappa shape index (κ1) is 16.5. The number of methoxy groups -OCH3 is 1. The molecule has 1 rings (SSSR count). The normalized spacial score (nSPS) is 21.5. The zero-order valence-corrected chi connectivity index (χ0v) is 12.0. The van der Waals surface area contributed by atoms with Crippen LogP contribution in [0.3, 0.4) is 0 Å². The Hall–Kier alpha value is 1.02. The van der Waals surface area contributed by atoms with Crippen LogP contribution in [-0.4, -0.2) is 37.2 Å². The molecule has 0 saturated carbocycles. The largest absolute Gasteiger partial charge is 0.378 e. The van der Waals surface area contributed by atoms with Gasteiger partial charge in [0.1, 0.15) is 0 Å². The second kappa shape index (κ2) is 7.33. The minimum absolute atomic E-state index is 0. The molecule has 1 saturated heterocycles. The van der Waals surface area contributed by atoms with Gasteiger partial charge in [0.25, 0.3) is 0 Å². The zero-order valence-electron chi connectivity index (χ0n) is 9.18. The van der Waals surface area contributed by atoms with Crippen LogP contribution in [0.25, 0.3) is 0 Å². The summed E-state index contributed by atoms with van der Waals surface area (Å²) in [5, 5.41) is 0. The fourth-order valence-corrected chi connectivity index (χ4v) is 1.45. The van der Waals surface area contributed by atoms with Gasteiger partial charge in [-0.05, 0) is 32.9 Å². The maximum Gasteiger partial charge on any atom is 0.0675 e. The fourth-order valence-electron chi connectivity index (χ4n) is 1.45. The van der Waals surface area contributed by atoms with E-state index in [9.17, 15) is 0 Å². The Labute approximate surface area is 108 Å². The Morgan fingerprint density at radius 3 is 2.15 bits per heavy atom. The number of ether oxygens (including phenoxy) is 1. The molecule has 0 unspecified atom stereocenters. The summed E-state index contributed by atoms with van der Waals surface area (Å²) < 4.78 is 5.42. The summed E-state index contributed by atoms with van der Waals surface area (Å²) in [6.07, 6.45) is 2.28. The van der Waals surface area contributed by atoms with E-state index in [0.717, 1.165) is 32.5 Å². The summed E-state index contributed by atoms with van der Waals surface area (Å²) in [4.78, 5) is 2.36. The molecular formula is C10H21NOY-2. The Morgan fingerprint density at radius 2 is 1.85 bits per heavy atom. The summed E-state index contributed by atoms with van der Waals surface area (Å²) in [7, 11) is 1.81. The van der Waals surface area contributed by atoms with Gasteiger partial charge in [-0.3, -0.25) is 0 Å². The molecule has 1 aliphatic rings. The second-order valence-corrected chi connectivity index (χ2v) is 3.50. The molecule has 0 spiro atoms. The number of nitrogens with zero attached hydrogens (tertiary/aromatic N) is 1. The van der Waals surface area contributed by atoms with Crippen LogP contribution in [0.5, 0.6) is 0 Å². The van der Waals surface area contributed by atoms with Crippen LogP contribution in [-0.2, 0) is 37.4 Å². The van der Waals surface area contributed by atoms with Crippen LogP contribution in [0.2, 0.25) is 0 Å². The first-order valence-corrected chi connectivity index (χ1v) is 4.27. The third-order valence-electron chi connectivity index (χ3n) is 2.72. The van der Waals surface area contributed by atoms with Gasteiger partial charge in [-0.1, -0.05) is 0 Å². The van der Waals surface area contributed by atoms with Gasteiger partial charge in [-0.2, -0.15) is 0 Å². The van der Waals surface area contributed by atoms with E-state index in [2.05, 4.69) is 18.7 Å². The molecule has 0 bridgehead atoms. The van der Waals surface area contributed by atoms with Crippen molar-refractivity contribution in [2.45, 2.75) is 25.4 Å². The zero-order chi connectivity index (χ0) is 8.32. The smallest absolute Gasteiger partial charge is 0.0675 e. The minimum atomic E-state index is 0. The van der Waals surface area contributed by atoms with Crippen molar-refractivity contribution in [2.75, 3.05) is 26.7 Å².